The fourth-order valence-corrected chi connectivity index (χ4v) is 3.67. The maximum Gasteiger partial charge on any atom is 0.227 e. The molecule has 0 aromatic carbocycles. The van der Waals surface area contributed by atoms with Gasteiger partial charge in [-0.15, -0.1) is 0 Å². The minimum atomic E-state index is 0.194. The normalized spacial score (nSPS) is 25.7. The molecule has 1 N–H and O–H groups in total. The number of aromatic nitrogens is 2. The highest BCUT2D eigenvalue weighted by Crippen LogP contribution is 2.27. The van der Waals surface area contributed by atoms with Crippen LogP contribution in [-0.4, -0.2) is 39.7 Å². The van der Waals surface area contributed by atoms with E-state index in [4.69, 9.17) is 0 Å². The molecule has 1 aromatic rings. The van der Waals surface area contributed by atoms with Gasteiger partial charge < -0.3 is 10.2 Å². The van der Waals surface area contributed by atoms with Crippen LogP contribution in [0, 0.1) is 5.92 Å². The summed E-state index contributed by atoms with van der Waals surface area (Å²) in [5.74, 6) is 0.504. The minimum Gasteiger partial charge on any atom is -0.335 e. The molecule has 5 nitrogen and oxygen atoms in total. The predicted molar refractivity (Wildman–Crippen MR) is 81.8 cm³/mol. The molecule has 116 valence electrons. The third-order valence-electron chi connectivity index (χ3n) is 4.96. The van der Waals surface area contributed by atoms with Crippen molar-refractivity contribution in [2.45, 2.75) is 58.2 Å². The van der Waals surface area contributed by atoms with E-state index < -0.39 is 0 Å². The number of hydrogen-bond donors (Lipinski definition) is 1. The Bertz CT molecular complexity index is 494. The summed E-state index contributed by atoms with van der Waals surface area (Å²) in [6.07, 6.45) is 6.39. The summed E-state index contributed by atoms with van der Waals surface area (Å²) in [4.78, 5) is 14.4. The number of hydrogen-bond acceptors (Lipinski definition) is 3. The second kappa shape index (κ2) is 6.18. The lowest BCUT2D eigenvalue weighted by molar-refractivity contribution is -0.132. The number of carbonyl (C=O) groups is 1. The van der Waals surface area contributed by atoms with Crippen LogP contribution in [0.3, 0.4) is 0 Å². The SMILES string of the molecule is CCC(CC)n1ccc(CN2CC3NCCCC3C2=O)n1. The van der Waals surface area contributed by atoms with Crippen LogP contribution in [0.1, 0.15) is 51.3 Å². The van der Waals surface area contributed by atoms with Crippen molar-refractivity contribution in [2.75, 3.05) is 13.1 Å². The number of likely N-dealkylation sites (tertiary alicyclic amines) is 1. The molecule has 2 aliphatic rings. The highest BCUT2D eigenvalue weighted by Gasteiger charge is 2.41. The molecule has 3 rings (SSSR count). The number of piperidine rings is 1. The first-order valence-corrected chi connectivity index (χ1v) is 8.29. The molecular formula is C16H26N4O. The van der Waals surface area contributed by atoms with Crippen LogP contribution in [0.5, 0.6) is 0 Å². The van der Waals surface area contributed by atoms with Crippen molar-refractivity contribution in [3.05, 3.63) is 18.0 Å². The Morgan fingerprint density at radius 3 is 2.95 bits per heavy atom. The van der Waals surface area contributed by atoms with Crippen LogP contribution in [0.4, 0.5) is 0 Å². The Hall–Kier alpha value is -1.36. The summed E-state index contributed by atoms with van der Waals surface area (Å²) >= 11 is 0. The average Bonchev–Trinajstić information content (AvgIpc) is 3.08. The first-order valence-electron chi connectivity index (χ1n) is 8.29. The van der Waals surface area contributed by atoms with E-state index in [2.05, 4.69) is 41.2 Å². The molecule has 2 fully saturated rings. The van der Waals surface area contributed by atoms with Gasteiger partial charge >= 0.3 is 0 Å². The van der Waals surface area contributed by atoms with E-state index >= 15 is 0 Å². The first-order chi connectivity index (χ1) is 10.2. The van der Waals surface area contributed by atoms with Crippen molar-refractivity contribution >= 4 is 5.91 Å². The zero-order chi connectivity index (χ0) is 14.8. The summed E-state index contributed by atoms with van der Waals surface area (Å²) in [5.41, 5.74) is 1.01. The molecule has 3 heterocycles. The number of rotatable bonds is 5. The van der Waals surface area contributed by atoms with Crippen molar-refractivity contribution in [3.8, 4) is 0 Å². The molecule has 1 aromatic heterocycles. The zero-order valence-electron chi connectivity index (χ0n) is 13.1. The summed E-state index contributed by atoms with van der Waals surface area (Å²) in [6, 6.07) is 2.88. The van der Waals surface area contributed by atoms with Gasteiger partial charge in [-0.1, -0.05) is 13.8 Å². The van der Waals surface area contributed by atoms with Crippen LogP contribution in [-0.2, 0) is 11.3 Å². The predicted octanol–water partition coefficient (Wildman–Crippen LogP) is 1.95. The van der Waals surface area contributed by atoms with Gasteiger partial charge in [-0.3, -0.25) is 9.48 Å². The molecule has 2 atom stereocenters. The molecule has 2 unspecified atom stereocenters. The largest absolute Gasteiger partial charge is 0.335 e. The molecule has 0 aliphatic carbocycles. The molecule has 0 bridgehead atoms. The molecule has 1 amide bonds. The lowest BCUT2D eigenvalue weighted by Crippen LogP contribution is -2.41. The maximum absolute atomic E-state index is 12.4. The van der Waals surface area contributed by atoms with Crippen LogP contribution >= 0.6 is 0 Å². The topological polar surface area (TPSA) is 50.2 Å². The van der Waals surface area contributed by atoms with Crippen LogP contribution in [0.25, 0.3) is 0 Å². The standard InChI is InChI=1S/C16H26N4O/c1-3-13(4-2)20-9-7-12(18-20)10-19-11-15-14(16(19)21)6-5-8-17-15/h7,9,13-15,17H,3-6,8,10-11H2,1-2H3. The second-order valence-corrected chi connectivity index (χ2v) is 6.29. The summed E-state index contributed by atoms with van der Waals surface area (Å²) in [7, 11) is 0. The first kappa shape index (κ1) is 14.6. The van der Waals surface area contributed by atoms with E-state index in [9.17, 15) is 4.79 Å². The molecule has 0 saturated carbocycles. The zero-order valence-corrected chi connectivity index (χ0v) is 13.1. The van der Waals surface area contributed by atoms with E-state index in [0.29, 0.717) is 24.5 Å². The summed E-state index contributed by atoms with van der Waals surface area (Å²) in [6.45, 7) is 6.92. The highest BCUT2D eigenvalue weighted by molar-refractivity contribution is 5.82. The van der Waals surface area contributed by atoms with Crippen molar-refractivity contribution in [2.24, 2.45) is 5.92 Å². The van der Waals surface area contributed by atoms with Gasteiger partial charge in [0.15, 0.2) is 0 Å². The van der Waals surface area contributed by atoms with Crippen molar-refractivity contribution < 1.29 is 4.79 Å². The van der Waals surface area contributed by atoms with Gasteiger partial charge in [0, 0.05) is 18.8 Å². The Balaban J connectivity index is 1.65. The van der Waals surface area contributed by atoms with Gasteiger partial charge in [0.05, 0.1) is 24.2 Å². The van der Waals surface area contributed by atoms with Crippen molar-refractivity contribution in [3.63, 3.8) is 0 Å². The van der Waals surface area contributed by atoms with Gasteiger partial charge in [0.1, 0.15) is 0 Å². The van der Waals surface area contributed by atoms with Gasteiger partial charge in [-0.2, -0.15) is 5.10 Å². The maximum atomic E-state index is 12.4. The van der Waals surface area contributed by atoms with Crippen molar-refractivity contribution in [1.82, 2.24) is 20.0 Å². The molecule has 5 heteroatoms. The van der Waals surface area contributed by atoms with Gasteiger partial charge in [0.25, 0.3) is 0 Å². The molecule has 0 spiro atoms. The fraction of sp³-hybridized carbons (Fsp3) is 0.750. The molecule has 21 heavy (non-hydrogen) atoms. The van der Waals surface area contributed by atoms with Crippen LogP contribution in [0.2, 0.25) is 0 Å². The monoisotopic (exact) mass is 290 g/mol. The van der Waals surface area contributed by atoms with Gasteiger partial charge in [-0.25, -0.2) is 0 Å². The highest BCUT2D eigenvalue weighted by atomic mass is 16.2. The number of amides is 1. The number of carbonyl (C=O) groups excluding carboxylic acids is 1. The fourth-order valence-electron chi connectivity index (χ4n) is 3.67. The Morgan fingerprint density at radius 2 is 2.24 bits per heavy atom. The molecule has 2 aliphatic heterocycles. The third-order valence-corrected chi connectivity index (χ3v) is 4.96. The van der Waals surface area contributed by atoms with E-state index in [0.717, 1.165) is 44.5 Å². The second-order valence-electron chi connectivity index (χ2n) is 6.29. The average molecular weight is 290 g/mol. The van der Waals surface area contributed by atoms with Crippen LogP contribution < -0.4 is 5.32 Å². The van der Waals surface area contributed by atoms with Gasteiger partial charge in [-0.05, 0) is 38.3 Å². The van der Waals surface area contributed by atoms with Crippen molar-refractivity contribution in [1.29, 1.82) is 0 Å². The number of nitrogens with zero attached hydrogens (tertiary/aromatic N) is 3. The Labute approximate surface area is 126 Å². The minimum absolute atomic E-state index is 0.194. The third kappa shape index (κ3) is 2.84. The van der Waals surface area contributed by atoms with E-state index in [1.807, 2.05) is 4.90 Å². The lowest BCUT2D eigenvalue weighted by atomic mass is 9.94. The Kier molecular flexibility index (Phi) is 4.29. The molecule has 2 saturated heterocycles. The molecule has 0 radical (unpaired) electrons. The quantitative estimate of drug-likeness (QED) is 0.902. The Morgan fingerprint density at radius 1 is 1.43 bits per heavy atom. The van der Waals surface area contributed by atoms with E-state index in [-0.39, 0.29) is 5.92 Å². The molecular weight excluding hydrogens is 264 g/mol. The summed E-state index contributed by atoms with van der Waals surface area (Å²) < 4.78 is 2.06. The number of fused-ring (bicyclic) bond motifs is 1. The van der Waals surface area contributed by atoms with E-state index in [1.54, 1.807) is 0 Å². The van der Waals surface area contributed by atoms with Crippen LogP contribution in [0.15, 0.2) is 12.3 Å². The van der Waals surface area contributed by atoms with Gasteiger partial charge in [0.2, 0.25) is 5.91 Å². The van der Waals surface area contributed by atoms with E-state index in [1.165, 1.54) is 0 Å². The number of nitrogens with one attached hydrogen (secondary N) is 1. The summed E-state index contributed by atoms with van der Waals surface area (Å²) in [5, 5.41) is 8.15. The smallest absolute Gasteiger partial charge is 0.227 e. The lowest BCUT2D eigenvalue weighted by Gasteiger charge is -2.23.